The predicted molar refractivity (Wildman–Crippen MR) is 78.9 cm³/mol. The van der Waals surface area contributed by atoms with Crippen molar-refractivity contribution in [3.05, 3.63) is 59.8 Å². The van der Waals surface area contributed by atoms with Crippen LogP contribution in [0.2, 0.25) is 0 Å². The highest BCUT2D eigenvalue weighted by Crippen LogP contribution is 2.29. The number of fused-ring (bicyclic) bond motifs is 1. The first-order valence-corrected chi connectivity index (χ1v) is 7.15. The van der Waals surface area contributed by atoms with Crippen LogP contribution in [0.1, 0.15) is 21.7 Å². The quantitative estimate of drug-likeness (QED) is 0.711. The van der Waals surface area contributed by atoms with Gasteiger partial charge in [-0.2, -0.15) is 18.3 Å². The number of pyridine rings is 1. The maximum atomic E-state index is 12.5. The smallest absolute Gasteiger partial charge is 0.301 e. The second kappa shape index (κ2) is 5.36. The number of halogens is 3. The van der Waals surface area contributed by atoms with Crippen molar-refractivity contribution in [3.63, 3.8) is 0 Å². The minimum Gasteiger partial charge on any atom is -0.301 e. The van der Waals surface area contributed by atoms with Gasteiger partial charge in [-0.05, 0) is 24.3 Å². The van der Waals surface area contributed by atoms with Crippen molar-refractivity contribution in [2.24, 2.45) is 0 Å². The van der Waals surface area contributed by atoms with Gasteiger partial charge in [0.2, 0.25) is 0 Å². The summed E-state index contributed by atoms with van der Waals surface area (Å²) in [5, 5.41) is 10.9. The Kier molecular flexibility index (Phi) is 3.27. The van der Waals surface area contributed by atoms with Gasteiger partial charge in [0.1, 0.15) is 0 Å². The molecular weight excluding hydrogens is 337 g/mol. The van der Waals surface area contributed by atoms with E-state index in [-0.39, 0.29) is 18.3 Å². The van der Waals surface area contributed by atoms with Crippen LogP contribution in [0.25, 0.3) is 5.82 Å². The zero-order valence-electron chi connectivity index (χ0n) is 12.5. The van der Waals surface area contributed by atoms with E-state index in [4.69, 9.17) is 0 Å². The van der Waals surface area contributed by atoms with Gasteiger partial charge in [-0.25, -0.2) is 4.68 Å². The van der Waals surface area contributed by atoms with Gasteiger partial charge in [-0.3, -0.25) is 9.78 Å². The summed E-state index contributed by atoms with van der Waals surface area (Å²) < 4.78 is 38.8. The molecule has 126 valence electrons. The molecule has 0 fully saturated rings. The van der Waals surface area contributed by atoms with E-state index in [0.717, 1.165) is 12.1 Å². The van der Waals surface area contributed by atoms with Crippen LogP contribution in [-0.2, 0) is 12.7 Å². The molecule has 3 aromatic heterocycles. The first kappa shape index (κ1) is 15.2. The Morgan fingerprint density at radius 3 is 2.56 bits per heavy atom. The molecule has 7 nitrogen and oxygen atoms in total. The van der Waals surface area contributed by atoms with Crippen LogP contribution in [0.15, 0.2) is 42.9 Å². The molecule has 4 rings (SSSR count). The highest BCUT2D eigenvalue weighted by molar-refractivity contribution is 6.09. The summed E-state index contributed by atoms with van der Waals surface area (Å²) in [4.78, 5) is 18.0. The van der Waals surface area contributed by atoms with E-state index in [2.05, 4.69) is 20.3 Å². The van der Waals surface area contributed by atoms with E-state index < -0.39 is 11.9 Å². The Hall–Kier alpha value is -3.30. The van der Waals surface area contributed by atoms with Crippen molar-refractivity contribution in [2.45, 2.75) is 12.7 Å². The van der Waals surface area contributed by atoms with Crippen LogP contribution in [0.5, 0.6) is 0 Å². The van der Waals surface area contributed by atoms with Crippen molar-refractivity contribution in [1.82, 2.24) is 25.0 Å². The highest BCUT2D eigenvalue weighted by atomic mass is 19.4. The maximum absolute atomic E-state index is 12.5. The van der Waals surface area contributed by atoms with Gasteiger partial charge in [-0.1, -0.05) is 0 Å². The number of hydrogen-bond acceptors (Lipinski definition) is 5. The van der Waals surface area contributed by atoms with E-state index in [1.807, 2.05) is 0 Å². The lowest BCUT2D eigenvalue weighted by Gasteiger charge is -2.15. The summed E-state index contributed by atoms with van der Waals surface area (Å²) in [5.41, 5.74) is 0.433. The molecule has 25 heavy (non-hydrogen) atoms. The molecule has 0 N–H and O–H groups in total. The zero-order valence-corrected chi connectivity index (χ0v) is 12.5. The van der Waals surface area contributed by atoms with Crippen molar-refractivity contribution in [3.8, 4) is 5.82 Å². The van der Waals surface area contributed by atoms with Crippen molar-refractivity contribution in [1.29, 1.82) is 0 Å². The molecule has 0 spiro atoms. The minimum atomic E-state index is -4.56. The summed E-state index contributed by atoms with van der Waals surface area (Å²) in [6, 6.07) is 5.45. The third-order valence-electron chi connectivity index (χ3n) is 3.71. The third-order valence-corrected chi connectivity index (χ3v) is 3.71. The molecule has 0 unspecified atom stereocenters. The molecule has 4 heterocycles. The number of alkyl halides is 3. The summed E-state index contributed by atoms with van der Waals surface area (Å²) in [6.07, 6.45) is 0.0503. The molecule has 1 aliphatic heterocycles. The molecule has 0 saturated heterocycles. The number of nitrogens with zero attached hydrogens (tertiary/aromatic N) is 6. The lowest BCUT2D eigenvalue weighted by atomic mass is 10.3. The number of anilines is 1. The number of rotatable bonds is 2. The number of aromatic nitrogens is 5. The maximum Gasteiger partial charge on any atom is 0.435 e. The van der Waals surface area contributed by atoms with Crippen LogP contribution < -0.4 is 4.90 Å². The van der Waals surface area contributed by atoms with Gasteiger partial charge in [-0.15, -0.1) is 10.2 Å². The molecule has 3 aromatic rings. The van der Waals surface area contributed by atoms with Crippen molar-refractivity contribution >= 4 is 11.6 Å². The standard InChI is InChI=1S/C15H9F3N6O/c16-15(17,18)12-3-4-13(21-20-12)24-7-10-11(22-24)8-23(14(10)25)9-2-1-5-19-6-9/h1-7H,8H2. The average Bonchev–Trinajstić information content (AvgIpc) is 3.15. The third kappa shape index (κ3) is 2.61. The van der Waals surface area contributed by atoms with Gasteiger partial charge in [0.25, 0.3) is 5.91 Å². The fourth-order valence-electron chi connectivity index (χ4n) is 2.51. The number of hydrogen-bond donors (Lipinski definition) is 0. The Labute approximate surface area is 138 Å². The number of carbonyl (C=O) groups excluding carboxylic acids is 1. The van der Waals surface area contributed by atoms with E-state index in [9.17, 15) is 18.0 Å². The molecule has 10 heteroatoms. The van der Waals surface area contributed by atoms with Crippen LogP contribution in [0, 0.1) is 0 Å². The molecule has 0 atom stereocenters. The van der Waals surface area contributed by atoms with Crippen LogP contribution in [-0.4, -0.2) is 30.9 Å². The van der Waals surface area contributed by atoms with E-state index >= 15 is 0 Å². The Bertz CT molecular complexity index is 936. The van der Waals surface area contributed by atoms with E-state index in [1.165, 1.54) is 15.8 Å². The number of carbonyl (C=O) groups is 1. The molecule has 0 radical (unpaired) electrons. The lowest BCUT2D eigenvalue weighted by molar-refractivity contribution is -0.141. The van der Waals surface area contributed by atoms with Gasteiger partial charge < -0.3 is 4.90 Å². The van der Waals surface area contributed by atoms with Crippen LogP contribution >= 0.6 is 0 Å². The second-order valence-corrected chi connectivity index (χ2v) is 5.31. The SMILES string of the molecule is O=C1c2cn(-c3ccc(C(F)(F)F)nn3)nc2CN1c1cccnc1. The molecule has 0 aromatic carbocycles. The summed E-state index contributed by atoms with van der Waals surface area (Å²) in [7, 11) is 0. The molecule has 0 bridgehead atoms. The lowest BCUT2D eigenvalue weighted by Crippen LogP contribution is -2.24. The topological polar surface area (TPSA) is 76.8 Å². The summed E-state index contributed by atoms with van der Waals surface area (Å²) in [6.45, 7) is 0.251. The second-order valence-electron chi connectivity index (χ2n) is 5.31. The number of amides is 1. The van der Waals surface area contributed by atoms with Gasteiger partial charge in [0, 0.05) is 12.4 Å². The van der Waals surface area contributed by atoms with Crippen LogP contribution in [0.3, 0.4) is 0 Å². The molecule has 0 saturated carbocycles. The van der Waals surface area contributed by atoms with Gasteiger partial charge in [0.05, 0.1) is 29.7 Å². The average molecular weight is 346 g/mol. The molecular formula is C15H9F3N6O. The Balaban J connectivity index is 1.61. The van der Waals surface area contributed by atoms with E-state index in [0.29, 0.717) is 16.9 Å². The van der Waals surface area contributed by atoms with Crippen molar-refractivity contribution < 1.29 is 18.0 Å². The fourth-order valence-corrected chi connectivity index (χ4v) is 2.51. The molecule has 1 aliphatic rings. The normalized spacial score (nSPS) is 14.0. The highest BCUT2D eigenvalue weighted by Gasteiger charge is 2.34. The molecule has 0 aliphatic carbocycles. The summed E-state index contributed by atoms with van der Waals surface area (Å²) in [5.74, 6) is -0.155. The monoisotopic (exact) mass is 346 g/mol. The Morgan fingerprint density at radius 1 is 1.12 bits per heavy atom. The van der Waals surface area contributed by atoms with Crippen LogP contribution in [0.4, 0.5) is 18.9 Å². The predicted octanol–water partition coefficient (Wildman–Crippen LogP) is 2.24. The largest absolute Gasteiger partial charge is 0.435 e. The molecule has 1 amide bonds. The first-order chi connectivity index (χ1) is 11.9. The summed E-state index contributed by atoms with van der Waals surface area (Å²) >= 11 is 0. The van der Waals surface area contributed by atoms with Gasteiger partial charge in [0.15, 0.2) is 11.5 Å². The fraction of sp³-hybridized carbons (Fsp3) is 0.133. The first-order valence-electron chi connectivity index (χ1n) is 7.15. The zero-order chi connectivity index (χ0) is 17.6. The Morgan fingerprint density at radius 2 is 1.96 bits per heavy atom. The van der Waals surface area contributed by atoms with Gasteiger partial charge >= 0.3 is 6.18 Å². The van der Waals surface area contributed by atoms with Crippen molar-refractivity contribution in [2.75, 3.05) is 4.90 Å². The minimum absolute atomic E-state index is 0.100. The van der Waals surface area contributed by atoms with E-state index in [1.54, 1.807) is 24.5 Å².